The summed E-state index contributed by atoms with van der Waals surface area (Å²) in [6.07, 6.45) is 0. The quantitative estimate of drug-likeness (QED) is 0.215. The SMILES string of the molecule is Cc1ccc2c(n1)[se]c1c(-c3cccc(C(=O)c4cccc(-c5ccccc5)n4)n3)cccc12. The number of pyridine rings is 3. The first-order valence-corrected chi connectivity index (χ1v) is 12.7. The van der Waals surface area contributed by atoms with E-state index in [0.29, 0.717) is 11.4 Å². The molecule has 0 spiro atoms. The third-order valence-corrected chi connectivity index (χ3v) is 8.22. The predicted molar refractivity (Wildman–Crippen MR) is 137 cm³/mol. The zero-order valence-electron chi connectivity index (χ0n) is 18.4. The maximum absolute atomic E-state index is 13.3. The molecule has 0 saturated heterocycles. The summed E-state index contributed by atoms with van der Waals surface area (Å²) < 4.78 is 2.42. The van der Waals surface area contributed by atoms with Gasteiger partial charge in [-0.1, -0.05) is 6.07 Å². The van der Waals surface area contributed by atoms with Crippen LogP contribution in [0, 0.1) is 6.92 Å². The zero-order chi connectivity index (χ0) is 23.1. The molecule has 34 heavy (non-hydrogen) atoms. The summed E-state index contributed by atoms with van der Waals surface area (Å²) >= 11 is 0.0978. The van der Waals surface area contributed by atoms with Gasteiger partial charge < -0.3 is 0 Å². The molecular weight excluding hydrogens is 485 g/mol. The molecule has 0 aliphatic rings. The number of aryl methyl sites for hydroxylation is 1. The van der Waals surface area contributed by atoms with Crippen molar-refractivity contribution in [2.75, 3.05) is 0 Å². The van der Waals surface area contributed by atoms with Gasteiger partial charge in [0.2, 0.25) is 0 Å². The van der Waals surface area contributed by atoms with E-state index < -0.39 is 0 Å². The molecule has 4 heterocycles. The Morgan fingerprint density at radius 1 is 0.647 bits per heavy atom. The van der Waals surface area contributed by atoms with E-state index in [1.54, 1.807) is 12.1 Å². The Balaban J connectivity index is 1.42. The number of rotatable bonds is 4. The average Bonchev–Trinajstić information content (AvgIpc) is 3.26. The first-order valence-electron chi connectivity index (χ1n) is 11.0. The van der Waals surface area contributed by atoms with Crippen LogP contribution in [-0.4, -0.2) is 35.2 Å². The fraction of sp³-hybridized carbons (Fsp3) is 0.0345. The van der Waals surface area contributed by atoms with E-state index in [0.717, 1.165) is 32.6 Å². The Kier molecular flexibility index (Phi) is 5.14. The first kappa shape index (κ1) is 20.7. The maximum atomic E-state index is 13.3. The van der Waals surface area contributed by atoms with Crippen LogP contribution < -0.4 is 0 Å². The Hall–Kier alpha value is -3.92. The second-order valence-corrected chi connectivity index (χ2v) is 10.2. The molecule has 0 aliphatic carbocycles. The number of carbonyl (C=O) groups is 1. The van der Waals surface area contributed by atoms with Crippen molar-refractivity contribution in [3.63, 3.8) is 0 Å². The standard InChI is InChI=1S/C29H19N3OSe/c1-18-16-17-21-20-10-5-11-22(28(20)34-29(21)30-18)24-13-7-15-26(32-24)27(33)25-14-6-12-23(31-25)19-8-3-2-4-9-19/h2-17H,1H3. The van der Waals surface area contributed by atoms with Gasteiger partial charge in [0.25, 0.3) is 0 Å². The molecule has 0 fully saturated rings. The Labute approximate surface area is 202 Å². The molecule has 2 aromatic carbocycles. The first-order chi connectivity index (χ1) is 16.7. The van der Waals surface area contributed by atoms with Crippen LogP contribution in [0.2, 0.25) is 0 Å². The number of benzene rings is 2. The number of nitrogens with zero attached hydrogens (tertiary/aromatic N) is 3. The number of fused-ring (bicyclic) bond motifs is 3. The van der Waals surface area contributed by atoms with Gasteiger partial charge in [0, 0.05) is 0 Å². The minimum atomic E-state index is -0.182. The topological polar surface area (TPSA) is 55.7 Å². The number of ketones is 1. The second-order valence-electron chi connectivity index (χ2n) is 8.10. The normalized spacial score (nSPS) is 11.2. The van der Waals surface area contributed by atoms with Crippen LogP contribution in [0.3, 0.4) is 0 Å². The molecule has 0 saturated carbocycles. The van der Waals surface area contributed by atoms with Crippen LogP contribution in [0.4, 0.5) is 0 Å². The minimum absolute atomic E-state index is 0.0978. The predicted octanol–water partition coefficient (Wildman–Crippen LogP) is 6.11. The molecule has 0 atom stereocenters. The molecule has 0 N–H and O–H groups in total. The molecule has 0 bridgehead atoms. The van der Waals surface area contributed by atoms with Gasteiger partial charge in [-0.2, -0.15) is 0 Å². The van der Waals surface area contributed by atoms with Crippen LogP contribution >= 0.6 is 0 Å². The molecule has 0 amide bonds. The number of hydrogen-bond donors (Lipinski definition) is 0. The van der Waals surface area contributed by atoms with Gasteiger partial charge in [0.1, 0.15) is 0 Å². The molecule has 0 radical (unpaired) electrons. The van der Waals surface area contributed by atoms with Gasteiger partial charge in [-0.15, -0.1) is 0 Å². The van der Waals surface area contributed by atoms with Crippen molar-refractivity contribution in [1.29, 1.82) is 0 Å². The van der Waals surface area contributed by atoms with Gasteiger partial charge >= 0.3 is 197 Å². The third kappa shape index (κ3) is 3.65. The molecular formula is C29H19N3OSe. The van der Waals surface area contributed by atoms with E-state index >= 15 is 0 Å². The molecule has 4 aromatic heterocycles. The van der Waals surface area contributed by atoms with Crippen LogP contribution in [0.1, 0.15) is 21.9 Å². The van der Waals surface area contributed by atoms with Crippen molar-refractivity contribution >= 4 is 39.7 Å². The molecule has 162 valence electrons. The van der Waals surface area contributed by atoms with Gasteiger partial charge in [0.15, 0.2) is 0 Å². The molecule has 0 unspecified atom stereocenters. The monoisotopic (exact) mass is 505 g/mol. The second kappa shape index (κ2) is 8.45. The summed E-state index contributed by atoms with van der Waals surface area (Å²) in [5.41, 5.74) is 5.43. The van der Waals surface area contributed by atoms with E-state index in [1.807, 2.05) is 61.5 Å². The Morgan fingerprint density at radius 3 is 2.15 bits per heavy atom. The van der Waals surface area contributed by atoms with Crippen molar-refractivity contribution < 1.29 is 4.79 Å². The summed E-state index contributed by atoms with van der Waals surface area (Å²) in [4.78, 5) is 27.5. The van der Waals surface area contributed by atoms with Crippen molar-refractivity contribution in [3.8, 4) is 22.5 Å². The average molecular weight is 504 g/mol. The van der Waals surface area contributed by atoms with Crippen LogP contribution in [0.5, 0.6) is 0 Å². The zero-order valence-corrected chi connectivity index (χ0v) is 20.1. The van der Waals surface area contributed by atoms with Gasteiger partial charge in [-0.3, -0.25) is 0 Å². The summed E-state index contributed by atoms with van der Waals surface area (Å²) in [7, 11) is 0. The molecule has 6 aromatic rings. The summed E-state index contributed by atoms with van der Waals surface area (Å²) in [6, 6.07) is 31.5. The summed E-state index contributed by atoms with van der Waals surface area (Å²) in [5.74, 6) is -0.182. The van der Waals surface area contributed by atoms with Gasteiger partial charge in [0.05, 0.1) is 0 Å². The fourth-order valence-corrected chi connectivity index (χ4v) is 6.75. The summed E-state index contributed by atoms with van der Waals surface area (Å²) in [6.45, 7) is 2.03. The molecule has 4 nitrogen and oxygen atoms in total. The molecule has 5 heteroatoms. The Morgan fingerprint density at radius 2 is 1.35 bits per heavy atom. The summed E-state index contributed by atoms with van der Waals surface area (Å²) in [5, 5.41) is 2.42. The number of carbonyl (C=O) groups excluding carboxylic acids is 1. The Bertz CT molecular complexity index is 1690. The molecule has 6 rings (SSSR count). The fourth-order valence-electron chi connectivity index (χ4n) is 4.15. The van der Waals surface area contributed by atoms with Crippen molar-refractivity contribution in [2.24, 2.45) is 0 Å². The van der Waals surface area contributed by atoms with E-state index in [4.69, 9.17) is 9.97 Å². The number of hydrogen-bond acceptors (Lipinski definition) is 4. The molecule has 0 aliphatic heterocycles. The van der Waals surface area contributed by atoms with E-state index in [1.165, 1.54) is 15.0 Å². The van der Waals surface area contributed by atoms with Crippen molar-refractivity contribution in [3.05, 3.63) is 114 Å². The van der Waals surface area contributed by atoms with E-state index in [9.17, 15) is 4.79 Å². The van der Waals surface area contributed by atoms with Crippen LogP contribution in [-0.2, 0) is 0 Å². The van der Waals surface area contributed by atoms with E-state index in [2.05, 4.69) is 35.3 Å². The van der Waals surface area contributed by atoms with Crippen molar-refractivity contribution in [2.45, 2.75) is 6.92 Å². The van der Waals surface area contributed by atoms with Crippen LogP contribution in [0.15, 0.2) is 97.1 Å². The van der Waals surface area contributed by atoms with Crippen LogP contribution in [0.25, 0.3) is 41.9 Å². The van der Waals surface area contributed by atoms with Gasteiger partial charge in [-0.05, 0) is 0 Å². The number of aromatic nitrogens is 3. The van der Waals surface area contributed by atoms with Crippen molar-refractivity contribution in [1.82, 2.24) is 15.0 Å². The third-order valence-electron chi connectivity index (χ3n) is 5.81. The van der Waals surface area contributed by atoms with E-state index in [-0.39, 0.29) is 20.3 Å². The van der Waals surface area contributed by atoms with Gasteiger partial charge in [-0.25, -0.2) is 0 Å².